The molecule has 0 saturated carbocycles. The van der Waals surface area contributed by atoms with Crippen molar-refractivity contribution in [3.63, 3.8) is 0 Å². The second-order valence-electron chi connectivity index (χ2n) is 3.91. The summed E-state index contributed by atoms with van der Waals surface area (Å²) >= 11 is 1.74. The molecule has 2 rings (SSSR count). The number of carbonyl (C=O) groups excluding carboxylic acids is 1. The molecule has 0 spiro atoms. The average Bonchev–Trinajstić information content (AvgIpc) is 2.81. The fraction of sp³-hybridized carbons (Fsp3) is 0.231. The summed E-state index contributed by atoms with van der Waals surface area (Å²) in [6.07, 6.45) is 5.10. The van der Waals surface area contributed by atoms with Crippen LogP contribution in [-0.2, 0) is 7.05 Å². The normalized spacial score (nSPS) is 11.2. The van der Waals surface area contributed by atoms with Gasteiger partial charge in [0.15, 0.2) is 0 Å². The third kappa shape index (κ3) is 2.53. The van der Waals surface area contributed by atoms with Crippen LogP contribution in [0.4, 0.5) is 0 Å². The Morgan fingerprint density at radius 3 is 2.76 bits per heavy atom. The maximum atomic E-state index is 11.9. The van der Waals surface area contributed by atoms with E-state index in [1.165, 1.54) is 9.75 Å². The summed E-state index contributed by atoms with van der Waals surface area (Å²) in [5.41, 5.74) is 1.72. The molecule has 0 bridgehead atoms. The molecule has 2 heterocycles. The molecule has 0 aliphatic heterocycles. The van der Waals surface area contributed by atoms with Gasteiger partial charge in [-0.2, -0.15) is 5.10 Å². The van der Waals surface area contributed by atoms with Crippen LogP contribution in [0.3, 0.4) is 0 Å². The first-order valence-electron chi connectivity index (χ1n) is 5.35. The molecule has 0 aromatic carbocycles. The molecule has 0 N–H and O–H groups in total. The van der Waals surface area contributed by atoms with Gasteiger partial charge in [0.1, 0.15) is 5.69 Å². The van der Waals surface area contributed by atoms with Gasteiger partial charge in [-0.3, -0.25) is 9.48 Å². The number of hydrogen-bond acceptors (Lipinski definition) is 3. The van der Waals surface area contributed by atoms with E-state index in [2.05, 4.69) is 25.0 Å². The van der Waals surface area contributed by atoms with Crippen LogP contribution in [0.15, 0.2) is 24.4 Å². The molecule has 0 fully saturated rings. The van der Waals surface area contributed by atoms with Crippen molar-refractivity contribution >= 4 is 23.2 Å². The van der Waals surface area contributed by atoms with Crippen LogP contribution in [0.1, 0.15) is 25.8 Å². The molecular formula is C13H14N2OS. The molecule has 17 heavy (non-hydrogen) atoms. The van der Waals surface area contributed by atoms with E-state index < -0.39 is 0 Å². The Morgan fingerprint density at radius 1 is 1.47 bits per heavy atom. The maximum absolute atomic E-state index is 11.9. The molecule has 0 unspecified atom stereocenters. The second kappa shape index (κ2) is 4.67. The molecule has 4 heteroatoms. The van der Waals surface area contributed by atoms with Crippen molar-refractivity contribution in [1.82, 2.24) is 9.78 Å². The minimum absolute atomic E-state index is 0.0201. The first-order valence-corrected chi connectivity index (χ1v) is 6.17. The Morgan fingerprint density at radius 2 is 2.24 bits per heavy atom. The van der Waals surface area contributed by atoms with E-state index in [1.54, 1.807) is 41.4 Å². The smallest absolute Gasteiger partial charge is 0.203 e. The van der Waals surface area contributed by atoms with Gasteiger partial charge in [-0.05, 0) is 43.7 Å². The highest BCUT2D eigenvalue weighted by molar-refractivity contribution is 7.12. The van der Waals surface area contributed by atoms with Crippen molar-refractivity contribution < 1.29 is 4.79 Å². The summed E-state index contributed by atoms with van der Waals surface area (Å²) in [5.74, 6) is -0.0201. The van der Waals surface area contributed by atoms with Crippen LogP contribution in [0.5, 0.6) is 0 Å². The van der Waals surface area contributed by atoms with E-state index in [0.29, 0.717) is 5.69 Å². The van der Waals surface area contributed by atoms with E-state index >= 15 is 0 Å². The number of allylic oxidation sites excluding steroid dienone is 1. The molecule has 0 saturated heterocycles. The predicted molar refractivity (Wildman–Crippen MR) is 70.4 cm³/mol. The topological polar surface area (TPSA) is 34.9 Å². The van der Waals surface area contributed by atoms with Crippen LogP contribution in [0.25, 0.3) is 6.08 Å². The molecule has 3 nitrogen and oxygen atoms in total. The van der Waals surface area contributed by atoms with Crippen molar-refractivity contribution in [2.45, 2.75) is 13.8 Å². The van der Waals surface area contributed by atoms with Crippen molar-refractivity contribution in [3.8, 4) is 0 Å². The number of ketones is 1. The summed E-state index contributed by atoms with van der Waals surface area (Å²) in [6, 6.07) is 3.81. The number of nitrogens with zero attached hydrogens (tertiary/aromatic N) is 2. The van der Waals surface area contributed by atoms with E-state index in [4.69, 9.17) is 0 Å². The lowest BCUT2D eigenvalue weighted by Gasteiger charge is -1.95. The second-order valence-corrected chi connectivity index (χ2v) is 5.37. The predicted octanol–water partition coefficient (Wildman–Crippen LogP) is 2.99. The Kier molecular flexibility index (Phi) is 3.24. The molecule has 0 amide bonds. The van der Waals surface area contributed by atoms with E-state index in [-0.39, 0.29) is 5.78 Å². The van der Waals surface area contributed by atoms with E-state index in [0.717, 1.165) is 5.56 Å². The van der Waals surface area contributed by atoms with Gasteiger partial charge in [0, 0.05) is 23.0 Å². The van der Waals surface area contributed by atoms with Crippen molar-refractivity contribution in [2.24, 2.45) is 7.05 Å². The van der Waals surface area contributed by atoms with Gasteiger partial charge in [-0.1, -0.05) is 0 Å². The van der Waals surface area contributed by atoms with Gasteiger partial charge in [-0.15, -0.1) is 11.3 Å². The number of aromatic nitrogens is 2. The quantitative estimate of drug-likeness (QED) is 0.616. The highest BCUT2D eigenvalue weighted by atomic mass is 32.1. The molecule has 2 aromatic heterocycles. The first-order chi connectivity index (χ1) is 8.08. The number of aryl methyl sites for hydroxylation is 3. The lowest BCUT2D eigenvalue weighted by Crippen LogP contribution is -2.03. The molecule has 0 atom stereocenters. The summed E-state index contributed by atoms with van der Waals surface area (Å²) in [7, 11) is 1.76. The fourth-order valence-electron chi connectivity index (χ4n) is 1.68. The van der Waals surface area contributed by atoms with Gasteiger partial charge >= 0.3 is 0 Å². The fourth-order valence-corrected chi connectivity index (χ4v) is 2.60. The molecule has 0 radical (unpaired) electrons. The Balaban J connectivity index is 2.19. The zero-order chi connectivity index (χ0) is 12.4. The van der Waals surface area contributed by atoms with Crippen molar-refractivity contribution in [3.05, 3.63) is 45.4 Å². The van der Waals surface area contributed by atoms with Crippen LogP contribution >= 0.6 is 11.3 Å². The third-order valence-electron chi connectivity index (χ3n) is 2.57. The number of carbonyl (C=O) groups is 1. The van der Waals surface area contributed by atoms with Gasteiger partial charge in [0.2, 0.25) is 5.78 Å². The minimum atomic E-state index is -0.0201. The number of rotatable bonds is 3. The first kappa shape index (κ1) is 11.8. The molecule has 88 valence electrons. The highest BCUT2D eigenvalue weighted by Gasteiger charge is 2.06. The largest absolute Gasteiger partial charge is 0.288 e. The SMILES string of the molecule is Cc1cc(/C=C/C(=O)c2ccnn2C)c(C)s1. The Labute approximate surface area is 104 Å². The lowest BCUT2D eigenvalue weighted by atomic mass is 10.2. The van der Waals surface area contributed by atoms with Gasteiger partial charge < -0.3 is 0 Å². The summed E-state index contributed by atoms with van der Waals surface area (Å²) < 4.78 is 1.58. The van der Waals surface area contributed by atoms with Crippen LogP contribution in [0.2, 0.25) is 0 Å². The van der Waals surface area contributed by atoms with Crippen LogP contribution < -0.4 is 0 Å². The van der Waals surface area contributed by atoms with Crippen LogP contribution in [-0.4, -0.2) is 15.6 Å². The third-order valence-corrected chi connectivity index (χ3v) is 3.55. The zero-order valence-corrected chi connectivity index (χ0v) is 10.9. The molecular weight excluding hydrogens is 232 g/mol. The van der Waals surface area contributed by atoms with Crippen LogP contribution in [0, 0.1) is 13.8 Å². The Hall–Kier alpha value is -1.68. The van der Waals surface area contributed by atoms with Crippen molar-refractivity contribution in [1.29, 1.82) is 0 Å². The molecule has 0 aliphatic carbocycles. The molecule has 0 aliphatic rings. The molecule has 2 aromatic rings. The van der Waals surface area contributed by atoms with E-state index in [9.17, 15) is 4.79 Å². The van der Waals surface area contributed by atoms with Gasteiger partial charge in [0.05, 0.1) is 0 Å². The van der Waals surface area contributed by atoms with Crippen molar-refractivity contribution in [2.75, 3.05) is 0 Å². The standard InChI is InChI=1S/C13H14N2OS/c1-9-8-11(10(2)17-9)4-5-13(16)12-6-7-14-15(12)3/h4-8H,1-3H3/b5-4+. The zero-order valence-electron chi connectivity index (χ0n) is 10.1. The summed E-state index contributed by atoms with van der Waals surface area (Å²) in [4.78, 5) is 14.4. The van der Waals surface area contributed by atoms with E-state index in [1.807, 2.05) is 6.08 Å². The summed E-state index contributed by atoms with van der Waals surface area (Å²) in [6.45, 7) is 4.13. The maximum Gasteiger partial charge on any atom is 0.203 e. The number of thiophene rings is 1. The Bertz CT molecular complexity index is 578. The highest BCUT2D eigenvalue weighted by Crippen LogP contribution is 2.21. The average molecular weight is 246 g/mol. The van der Waals surface area contributed by atoms with Gasteiger partial charge in [0.25, 0.3) is 0 Å². The monoisotopic (exact) mass is 246 g/mol. The lowest BCUT2D eigenvalue weighted by molar-refractivity contribution is 0.103. The van der Waals surface area contributed by atoms with Gasteiger partial charge in [-0.25, -0.2) is 0 Å². The number of hydrogen-bond donors (Lipinski definition) is 0. The summed E-state index contributed by atoms with van der Waals surface area (Å²) in [5, 5.41) is 3.98. The minimum Gasteiger partial charge on any atom is -0.288 e.